The first kappa shape index (κ1) is 16.0. The molecule has 2 N–H and O–H groups in total. The van der Waals surface area contributed by atoms with Crippen LogP contribution >= 0.6 is 11.3 Å². The van der Waals surface area contributed by atoms with Crippen LogP contribution in [-0.2, 0) is 16.6 Å². The number of aryl methyl sites for hydroxylation is 1. The molecule has 21 heavy (non-hydrogen) atoms. The number of sulfonamides is 1. The van der Waals surface area contributed by atoms with E-state index in [9.17, 15) is 8.42 Å². The number of nitrogens with zero attached hydrogens (tertiary/aromatic N) is 1. The van der Waals surface area contributed by atoms with E-state index in [1.54, 1.807) is 18.2 Å². The first-order chi connectivity index (χ1) is 9.80. The molecule has 2 aromatic rings. The second-order valence-electron chi connectivity index (χ2n) is 5.25. The predicted molar refractivity (Wildman–Crippen MR) is 87.8 cm³/mol. The fraction of sp³-hybridized carbons (Fsp3) is 0.333. The van der Waals surface area contributed by atoms with Crippen LogP contribution in [0.2, 0.25) is 0 Å². The van der Waals surface area contributed by atoms with Crippen LogP contribution in [-0.4, -0.2) is 18.8 Å². The van der Waals surface area contributed by atoms with Crippen molar-refractivity contribution < 1.29 is 8.42 Å². The van der Waals surface area contributed by atoms with E-state index in [2.05, 4.69) is 0 Å². The highest BCUT2D eigenvalue weighted by molar-refractivity contribution is 7.91. The Balaban J connectivity index is 2.32. The third-order valence-corrected chi connectivity index (χ3v) is 6.66. The highest BCUT2D eigenvalue weighted by Crippen LogP contribution is 2.27. The summed E-state index contributed by atoms with van der Waals surface area (Å²) >= 11 is 1.30. The average molecular weight is 324 g/mol. The molecule has 6 heteroatoms. The van der Waals surface area contributed by atoms with Gasteiger partial charge in [-0.2, -0.15) is 4.31 Å². The Labute approximate surface area is 130 Å². The van der Waals surface area contributed by atoms with Gasteiger partial charge in [0.05, 0.1) is 0 Å². The molecule has 0 saturated carbocycles. The van der Waals surface area contributed by atoms with Crippen LogP contribution in [0, 0.1) is 6.92 Å². The molecule has 0 amide bonds. The summed E-state index contributed by atoms with van der Waals surface area (Å²) in [6.07, 6.45) is 0. The van der Waals surface area contributed by atoms with Crippen molar-refractivity contribution in [1.29, 1.82) is 0 Å². The van der Waals surface area contributed by atoms with E-state index in [4.69, 9.17) is 5.73 Å². The SMILES string of the molecule is Cc1ccc(S(=O)(=O)N(Cc2ccc(N)cc2)C(C)C)s1. The first-order valence-corrected chi connectivity index (χ1v) is 8.99. The minimum Gasteiger partial charge on any atom is -0.399 e. The van der Waals surface area contributed by atoms with Gasteiger partial charge in [0, 0.05) is 23.2 Å². The maximum absolute atomic E-state index is 12.8. The second kappa shape index (κ2) is 6.17. The number of nitrogens with two attached hydrogens (primary N) is 1. The number of hydrogen-bond acceptors (Lipinski definition) is 4. The van der Waals surface area contributed by atoms with Crippen LogP contribution in [0.3, 0.4) is 0 Å². The molecule has 0 spiro atoms. The number of rotatable bonds is 5. The lowest BCUT2D eigenvalue weighted by atomic mass is 10.2. The van der Waals surface area contributed by atoms with Crippen LogP contribution in [0.25, 0.3) is 0 Å². The quantitative estimate of drug-likeness (QED) is 0.859. The Kier molecular flexibility index (Phi) is 4.70. The topological polar surface area (TPSA) is 63.4 Å². The molecule has 2 rings (SSSR count). The fourth-order valence-electron chi connectivity index (χ4n) is 2.01. The zero-order valence-electron chi connectivity index (χ0n) is 12.4. The lowest BCUT2D eigenvalue weighted by molar-refractivity contribution is 0.349. The van der Waals surface area contributed by atoms with Crippen molar-refractivity contribution in [2.24, 2.45) is 0 Å². The number of thiophene rings is 1. The summed E-state index contributed by atoms with van der Waals surface area (Å²) in [5.74, 6) is 0. The van der Waals surface area contributed by atoms with Crippen molar-refractivity contribution in [3.05, 3.63) is 46.8 Å². The minimum absolute atomic E-state index is 0.116. The second-order valence-corrected chi connectivity index (χ2v) is 8.66. The van der Waals surface area contributed by atoms with E-state index >= 15 is 0 Å². The third-order valence-electron chi connectivity index (χ3n) is 3.17. The summed E-state index contributed by atoms with van der Waals surface area (Å²) in [5.41, 5.74) is 7.27. The van der Waals surface area contributed by atoms with Crippen molar-refractivity contribution >= 4 is 27.0 Å². The molecule has 0 atom stereocenters. The van der Waals surface area contributed by atoms with Gasteiger partial charge in [-0.3, -0.25) is 0 Å². The number of anilines is 1. The highest BCUT2D eigenvalue weighted by atomic mass is 32.2. The monoisotopic (exact) mass is 324 g/mol. The van der Waals surface area contributed by atoms with Crippen LogP contribution in [0.1, 0.15) is 24.3 Å². The molecular formula is C15H20N2O2S2. The van der Waals surface area contributed by atoms with Crippen LogP contribution < -0.4 is 5.73 Å². The Hall–Kier alpha value is -1.37. The molecular weight excluding hydrogens is 304 g/mol. The normalized spacial score (nSPS) is 12.2. The molecule has 0 bridgehead atoms. The maximum Gasteiger partial charge on any atom is 0.253 e. The number of benzene rings is 1. The van der Waals surface area contributed by atoms with E-state index in [-0.39, 0.29) is 6.04 Å². The zero-order valence-corrected chi connectivity index (χ0v) is 14.0. The molecule has 4 nitrogen and oxygen atoms in total. The predicted octanol–water partition coefficient (Wildman–Crippen LogP) is 3.24. The molecule has 0 fully saturated rings. The zero-order chi connectivity index (χ0) is 15.6. The summed E-state index contributed by atoms with van der Waals surface area (Å²) in [4.78, 5) is 0.991. The van der Waals surface area contributed by atoms with Gasteiger partial charge in [-0.15, -0.1) is 11.3 Å². The molecule has 0 aliphatic rings. The van der Waals surface area contributed by atoms with Crippen molar-refractivity contribution in [3.63, 3.8) is 0 Å². The van der Waals surface area contributed by atoms with Crippen LogP contribution in [0.15, 0.2) is 40.6 Å². The van der Waals surface area contributed by atoms with Gasteiger partial charge in [0.15, 0.2) is 0 Å². The number of hydrogen-bond donors (Lipinski definition) is 1. The summed E-state index contributed by atoms with van der Waals surface area (Å²) < 4.78 is 27.5. The lowest BCUT2D eigenvalue weighted by Crippen LogP contribution is -2.36. The van der Waals surface area contributed by atoms with Crippen molar-refractivity contribution in [2.75, 3.05) is 5.73 Å². The molecule has 0 unspecified atom stereocenters. The van der Waals surface area contributed by atoms with Crippen LogP contribution in [0.5, 0.6) is 0 Å². The average Bonchev–Trinajstić information content (AvgIpc) is 2.85. The van der Waals surface area contributed by atoms with Crippen molar-refractivity contribution in [1.82, 2.24) is 4.31 Å². The molecule has 0 saturated heterocycles. The summed E-state index contributed by atoms with van der Waals surface area (Å²) in [6.45, 7) is 6.02. The molecule has 1 aromatic carbocycles. The summed E-state index contributed by atoms with van der Waals surface area (Å²) in [7, 11) is -3.47. The van der Waals surface area contributed by atoms with Gasteiger partial charge < -0.3 is 5.73 Å². The summed E-state index contributed by atoms with van der Waals surface area (Å²) in [5, 5.41) is 0. The smallest absolute Gasteiger partial charge is 0.253 e. The Morgan fingerprint density at radius 1 is 1.14 bits per heavy atom. The molecule has 1 aromatic heterocycles. The summed E-state index contributed by atoms with van der Waals surface area (Å²) in [6, 6.07) is 10.7. The number of nitrogen functional groups attached to an aromatic ring is 1. The van der Waals surface area contributed by atoms with Crippen LogP contribution in [0.4, 0.5) is 5.69 Å². The van der Waals surface area contributed by atoms with Gasteiger partial charge in [0.1, 0.15) is 4.21 Å². The van der Waals surface area contributed by atoms with Gasteiger partial charge in [0.2, 0.25) is 0 Å². The Bertz CT molecular complexity index is 704. The lowest BCUT2D eigenvalue weighted by Gasteiger charge is -2.25. The van der Waals surface area contributed by atoms with Gasteiger partial charge in [-0.1, -0.05) is 12.1 Å². The van der Waals surface area contributed by atoms with Gasteiger partial charge in [0.25, 0.3) is 10.0 Å². The molecule has 0 radical (unpaired) electrons. The molecule has 0 aliphatic heterocycles. The van der Waals surface area contributed by atoms with E-state index < -0.39 is 10.0 Å². The Morgan fingerprint density at radius 2 is 1.76 bits per heavy atom. The van der Waals surface area contributed by atoms with E-state index in [1.165, 1.54) is 15.6 Å². The minimum atomic E-state index is -3.47. The molecule has 114 valence electrons. The van der Waals surface area contributed by atoms with Crippen molar-refractivity contribution in [3.8, 4) is 0 Å². The standard InChI is InChI=1S/C15H20N2O2S2/c1-11(2)17(10-13-5-7-14(16)8-6-13)21(18,19)15-9-4-12(3)20-15/h4-9,11H,10,16H2,1-3H3. The molecule has 1 heterocycles. The van der Waals surface area contributed by atoms with E-state index in [1.807, 2.05) is 39.0 Å². The van der Waals surface area contributed by atoms with E-state index in [0.29, 0.717) is 16.4 Å². The fourth-order valence-corrected chi connectivity index (χ4v) is 5.05. The third kappa shape index (κ3) is 3.64. The van der Waals surface area contributed by atoms with Gasteiger partial charge in [-0.25, -0.2) is 8.42 Å². The Morgan fingerprint density at radius 3 is 2.24 bits per heavy atom. The van der Waals surface area contributed by atoms with E-state index in [0.717, 1.165) is 10.4 Å². The highest BCUT2D eigenvalue weighted by Gasteiger charge is 2.28. The first-order valence-electron chi connectivity index (χ1n) is 6.73. The molecule has 0 aliphatic carbocycles. The van der Waals surface area contributed by atoms with Crippen molar-refractivity contribution in [2.45, 2.75) is 37.6 Å². The van der Waals surface area contributed by atoms with Gasteiger partial charge >= 0.3 is 0 Å². The maximum atomic E-state index is 12.8. The van der Waals surface area contributed by atoms with Gasteiger partial charge in [-0.05, 0) is 50.6 Å². The largest absolute Gasteiger partial charge is 0.399 e.